The predicted molar refractivity (Wildman–Crippen MR) is 113 cm³/mol. The van der Waals surface area contributed by atoms with Gasteiger partial charge in [-0.05, 0) is 44.2 Å². The van der Waals surface area contributed by atoms with Crippen molar-refractivity contribution >= 4 is 22.6 Å². The normalized spacial score (nSPS) is 11.9. The lowest BCUT2D eigenvalue weighted by Crippen LogP contribution is -2.11. The van der Waals surface area contributed by atoms with E-state index in [1.807, 2.05) is 54.8 Å². The standard InChI is InChI=1S/C23H20N4O4/c1-14-10-17(15(2)27(14)12-16-6-5-9-30-16)23(29)31-13-21(28)18(11-24)22-25-19-7-3-4-8-20(19)26-22/h3-10,28H,12-13H2,1-2H3,(H,25,26)/b21-18-. The SMILES string of the molecule is Cc1cc(C(=O)OC/C(O)=C(\C#N)c2nc3ccccc3[nH]2)c(C)n1Cc1ccco1. The van der Waals surface area contributed by atoms with E-state index in [-0.39, 0.29) is 17.2 Å². The highest BCUT2D eigenvalue weighted by molar-refractivity contribution is 5.91. The molecule has 3 aromatic heterocycles. The van der Waals surface area contributed by atoms with Crippen molar-refractivity contribution in [2.24, 2.45) is 0 Å². The molecule has 0 fully saturated rings. The highest BCUT2D eigenvalue weighted by Gasteiger charge is 2.20. The molecule has 1 aromatic carbocycles. The number of ether oxygens (including phenoxy) is 1. The third-order valence-electron chi connectivity index (χ3n) is 5.05. The Labute approximate surface area is 178 Å². The molecule has 0 spiro atoms. The van der Waals surface area contributed by atoms with Gasteiger partial charge >= 0.3 is 5.97 Å². The molecule has 3 heterocycles. The van der Waals surface area contributed by atoms with Crippen LogP contribution < -0.4 is 0 Å². The number of aryl methyl sites for hydroxylation is 1. The maximum absolute atomic E-state index is 12.6. The quantitative estimate of drug-likeness (QED) is 0.275. The maximum Gasteiger partial charge on any atom is 0.340 e. The fraction of sp³-hybridized carbons (Fsp3) is 0.174. The van der Waals surface area contributed by atoms with E-state index in [0.717, 1.165) is 22.7 Å². The van der Waals surface area contributed by atoms with Crippen molar-refractivity contribution in [2.45, 2.75) is 20.4 Å². The first-order chi connectivity index (χ1) is 15.0. The van der Waals surface area contributed by atoms with Crippen LogP contribution in [0.15, 0.2) is 58.9 Å². The van der Waals surface area contributed by atoms with Crippen molar-refractivity contribution in [3.63, 3.8) is 0 Å². The molecule has 0 atom stereocenters. The number of aliphatic hydroxyl groups is 1. The average molecular weight is 416 g/mol. The van der Waals surface area contributed by atoms with Gasteiger partial charge in [0.05, 0.1) is 29.4 Å². The van der Waals surface area contributed by atoms with E-state index in [9.17, 15) is 15.2 Å². The molecule has 0 aliphatic rings. The number of aromatic amines is 1. The molecule has 0 saturated heterocycles. The lowest BCUT2D eigenvalue weighted by Gasteiger charge is -2.08. The third-order valence-corrected chi connectivity index (χ3v) is 5.05. The number of furan rings is 1. The zero-order chi connectivity index (χ0) is 22.0. The van der Waals surface area contributed by atoms with Crippen molar-refractivity contribution in [3.05, 3.63) is 83.0 Å². The van der Waals surface area contributed by atoms with Crippen LogP contribution >= 0.6 is 0 Å². The first-order valence-electron chi connectivity index (χ1n) is 9.61. The van der Waals surface area contributed by atoms with E-state index >= 15 is 0 Å². The average Bonchev–Trinajstić information content (AvgIpc) is 3.48. The number of imidazole rings is 1. The zero-order valence-corrected chi connectivity index (χ0v) is 17.0. The molecule has 8 heteroatoms. The van der Waals surface area contributed by atoms with Gasteiger partial charge < -0.3 is 23.8 Å². The third kappa shape index (κ3) is 3.94. The van der Waals surface area contributed by atoms with Gasteiger partial charge in [0.2, 0.25) is 0 Å². The predicted octanol–water partition coefficient (Wildman–Crippen LogP) is 4.27. The maximum atomic E-state index is 12.6. The van der Waals surface area contributed by atoms with Gasteiger partial charge in [0.25, 0.3) is 0 Å². The number of aliphatic hydroxyl groups excluding tert-OH is 1. The van der Waals surface area contributed by atoms with Crippen LogP contribution in [0.5, 0.6) is 0 Å². The summed E-state index contributed by atoms with van der Waals surface area (Å²) in [5.74, 6) is 0.0206. The van der Waals surface area contributed by atoms with Gasteiger partial charge in [-0.25, -0.2) is 9.78 Å². The molecule has 0 radical (unpaired) electrons. The van der Waals surface area contributed by atoms with Gasteiger partial charge in [0.1, 0.15) is 24.0 Å². The van der Waals surface area contributed by atoms with Crippen LogP contribution in [-0.2, 0) is 11.3 Å². The number of carbonyl (C=O) groups excluding carboxylic acids is 1. The summed E-state index contributed by atoms with van der Waals surface area (Å²) in [7, 11) is 0. The van der Waals surface area contributed by atoms with Crippen LogP contribution in [0.25, 0.3) is 16.6 Å². The minimum Gasteiger partial charge on any atom is -0.507 e. The summed E-state index contributed by atoms with van der Waals surface area (Å²) in [5.41, 5.74) is 3.31. The number of nitriles is 1. The van der Waals surface area contributed by atoms with Crippen LogP contribution in [0.4, 0.5) is 0 Å². The van der Waals surface area contributed by atoms with Crippen molar-refractivity contribution in [2.75, 3.05) is 6.61 Å². The molecule has 0 bridgehead atoms. The van der Waals surface area contributed by atoms with E-state index < -0.39 is 12.6 Å². The van der Waals surface area contributed by atoms with Gasteiger partial charge in [-0.15, -0.1) is 0 Å². The number of rotatable bonds is 6. The van der Waals surface area contributed by atoms with E-state index in [2.05, 4.69) is 9.97 Å². The highest BCUT2D eigenvalue weighted by Crippen LogP contribution is 2.21. The minimum atomic E-state index is -0.591. The van der Waals surface area contributed by atoms with E-state index in [1.165, 1.54) is 0 Å². The number of nitrogens with one attached hydrogen (secondary N) is 1. The lowest BCUT2D eigenvalue weighted by atomic mass is 10.2. The second-order valence-corrected chi connectivity index (χ2v) is 7.06. The summed E-state index contributed by atoms with van der Waals surface area (Å²) in [6.07, 6.45) is 1.60. The molecule has 2 N–H and O–H groups in total. The van der Waals surface area contributed by atoms with Gasteiger partial charge in [-0.2, -0.15) is 5.26 Å². The monoisotopic (exact) mass is 416 g/mol. The number of nitrogens with zero attached hydrogens (tertiary/aromatic N) is 3. The van der Waals surface area contributed by atoms with Crippen LogP contribution in [0.1, 0.15) is 33.3 Å². The summed E-state index contributed by atoms with van der Waals surface area (Å²) in [4.78, 5) is 19.9. The molecule has 0 amide bonds. The van der Waals surface area contributed by atoms with Gasteiger partial charge in [-0.1, -0.05) is 12.1 Å². The largest absolute Gasteiger partial charge is 0.507 e. The summed E-state index contributed by atoms with van der Waals surface area (Å²) in [6.45, 7) is 3.76. The molecular formula is C23H20N4O4. The van der Waals surface area contributed by atoms with Crippen LogP contribution in [0, 0.1) is 25.2 Å². The van der Waals surface area contributed by atoms with Crippen molar-refractivity contribution < 1.29 is 19.1 Å². The van der Waals surface area contributed by atoms with Crippen LogP contribution in [0.3, 0.4) is 0 Å². The number of hydrogen-bond donors (Lipinski definition) is 2. The minimum absolute atomic E-state index is 0.0766. The molecule has 8 nitrogen and oxygen atoms in total. The molecule has 156 valence electrons. The number of H-pyrrole nitrogens is 1. The molecule has 0 saturated carbocycles. The second kappa shape index (κ2) is 8.24. The highest BCUT2D eigenvalue weighted by atomic mass is 16.5. The summed E-state index contributed by atoms with van der Waals surface area (Å²) in [6, 6.07) is 14.6. The number of carbonyl (C=O) groups is 1. The summed E-state index contributed by atoms with van der Waals surface area (Å²) >= 11 is 0. The Bertz CT molecular complexity index is 1290. The fourth-order valence-electron chi connectivity index (χ4n) is 3.42. The van der Waals surface area contributed by atoms with Crippen LogP contribution in [-0.4, -0.2) is 32.2 Å². The number of esters is 1. The molecule has 4 rings (SSSR count). The first kappa shape index (κ1) is 20.0. The topological polar surface area (TPSA) is 117 Å². The number of aromatic nitrogens is 3. The van der Waals surface area contributed by atoms with Crippen molar-refractivity contribution in [3.8, 4) is 6.07 Å². The van der Waals surface area contributed by atoms with Gasteiger partial charge in [-0.3, -0.25) is 0 Å². The Morgan fingerprint density at radius 3 is 2.81 bits per heavy atom. The van der Waals surface area contributed by atoms with Gasteiger partial charge in [0, 0.05) is 11.4 Å². The molecule has 0 aliphatic heterocycles. The molecule has 0 aliphatic carbocycles. The number of allylic oxidation sites excluding steroid dienone is 1. The summed E-state index contributed by atoms with van der Waals surface area (Å²) in [5, 5.41) is 19.9. The number of fused-ring (bicyclic) bond motifs is 1. The Morgan fingerprint density at radius 2 is 2.10 bits per heavy atom. The lowest BCUT2D eigenvalue weighted by molar-refractivity contribution is 0.0501. The Kier molecular flexibility index (Phi) is 5.33. The number of para-hydroxylation sites is 2. The van der Waals surface area contributed by atoms with Crippen molar-refractivity contribution in [1.82, 2.24) is 14.5 Å². The smallest absolute Gasteiger partial charge is 0.340 e. The van der Waals surface area contributed by atoms with E-state index in [4.69, 9.17) is 9.15 Å². The first-order valence-corrected chi connectivity index (χ1v) is 9.61. The molecule has 31 heavy (non-hydrogen) atoms. The zero-order valence-electron chi connectivity index (χ0n) is 17.0. The number of benzene rings is 1. The fourth-order valence-corrected chi connectivity index (χ4v) is 3.42. The van der Waals surface area contributed by atoms with E-state index in [1.54, 1.807) is 18.4 Å². The second-order valence-electron chi connectivity index (χ2n) is 7.06. The van der Waals surface area contributed by atoms with E-state index in [0.29, 0.717) is 17.6 Å². The Hall–Kier alpha value is -4.25. The Morgan fingerprint density at radius 1 is 1.29 bits per heavy atom. The van der Waals surface area contributed by atoms with Gasteiger partial charge in [0.15, 0.2) is 11.6 Å². The van der Waals surface area contributed by atoms with Crippen LogP contribution in [0.2, 0.25) is 0 Å². The molecule has 4 aromatic rings. The molecular weight excluding hydrogens is 396 g/mol. The number of hydrogen-bond acceptors (Lipinski definition) is 6. The molecule has 0 unspecified atom stereocenters. The van der Waals surface area contributed by atoms with Crippen molar-refractivity contribution in [1.29, 1.82) is 5.26 Å². The Balaban J connectivity index is 1.51. The summed E-state index contributed by atoms with van der Waals surface area (Å²) < 4.78 is 12.6.